The molecule has 1 fully saturated rings. The summed E-state index contributed by atoms with van der Waals surface area (Å²) in [5, 5.41) is 6.95. The van der Waals surface area contributed by atoms with E-state index >= 15 is 0 Å². The van der Waals surface area contributed by atoms with Gasteiger partial charge in [-0.2, -0.15) is 0 Å². The first-order valence-corrected chi connectivity index (χ1v) is 10.7. The monoisotopic (exact) mass is 516 g/mol. The average molecular weight is 517 g/mol. The highest BCUT2D eigenvalue weighted by Gasteiger charge is 2.18. The van der Waals surface area contributed by atoms with Gasteiger partial charge < -0.3 is 20.4 Å². The number of likely N-dealkylation sites (N-methyl/N-ethyl adjacent to an activating group) is 1. The van der Waals surface area contributed by atoms with Crippen molar-refractivity contribution >= 4 is 35.8 Å². The molecule has 0 aromatic carbocycles. The van der Waals surface area contributed by atoms with E-state index in [0.717, 1.165) is 50.9 Å². The molecule has 1 saturated heterocycles. The Morgan fingerprint density at radius 1 is 1.24 bits per heavy atom. The van der Waals surface area contributed by atoms with Crippen LogP contribution in [0.15, 0.2) is 23.3 Å². The summed E-state index contributed by atoms with van der Waals surface area (Å²) in [7, 11) is 2.18. The van der Waals surface area contributed by atoms with Crippen molar-refractivity contribution in [2.24, 2.45) is 10.4 Å². The van der Waals surface area contributed by atoms with E-state index in [1.807, 2.05) is 12.3 Å². The highest BCUT2D eigenvalue weighted by molar-refractivity contribution is 14.0. The molecule has 1 unspecified atom stereocenters. The molecule has 166 valence electrons. The van der Waals surface area contributed by atoms with Crippen LogP contribution in [-0.2, 0) is 6.54 Å². The SMILES string of the molecule is CCNC(=NCc1cccnc1N1CCN(C)CC1)NC(C)CCC(C)(C)C.I. The normalized spacial score (nSPS) is 16.9. The number of pyridine rings is 1. The second kappa shape index (κ2) is 12.6. The van der Waals surface area contributed by atoms with Crippen LogP contribution in [0.25, 0.3) is 0 Å². The fourth-order valence-corrected chi connectivity index (χ4v) is 3.30. The van der Waals surface area contributed by atoms with E-state index in [1.54, 1.807) is 0 Å². The van der Waals surface area contributed by atoms with Gasteiger partial charge in [-0.05, 0) is 45.2 Å². The predicted molar refractivity (Wildman–Crippen MR) is 135 cm³/mol. The van der Waals surface area contributed by atoms with Gasteiger partial charge in [-0.3, -0.25) is 0 Å². The summed E-state index contributed by atoms with van der Waals surface area (Å²) in [5.74, 6) is 1.97. The lowest BCUT2D eigenvalue weighted by Crippen LogP contribution is -2.45. The molecule has 29 heavy (non-hydrogen) atoms. The summed E-state index contributed by atoms with van der Waals surface area (Å²) in [6, 6.07) is 4.55. The van der Waals surface area contributed by atoms with Gasteiger partial charge in [0.15, 0.2) is 5.96 Å². The highest BCUT2D eigenvalue weighted by Crippen LogP contribution is 2.22. The number of piperazine rings is 1. The van der Waals surface area contributed by atoms with Crippen LogP contribution in [0.3, 0.4) is 0 Å². The number of hydrogen-bond acceptors (Lipinski definition) is 4. The van der Waals surface area contributed by atoms with E-state index < -0.39 is 0 Å². The van der Waals surface area contributed by atoms with Crippen molar-refractivity contribution in [1.29, 1.82) is 0 Å². The quantitative estimate of drug-likeness (QED) is 0.329. The third-order valence-electron chi connectivity index (χ3n) is 5.13. The smallest absolute Gasteiger partial charge is 0.191 e. The number of guanidine groups is 1. The molecular weight excluding hydrogens is 475 g/mol. The molecule has 1 aromatic heterocycles. The Bertz CT molecular complexity index is 620. The maximum Gasteiger partial charge on any atom is 0.191 e. The first kappa shape index (κ1) is 25.9. The molecule has 0 amide bonds. The summed E-state index contributed by atoms with van der Waals surface area (Å²) in [5.41, 5.74) is 1.55. The van der Waals surface area contributed by atoms with Crippen LogP contribution >= 0.6 is 24.0 Å². The third kappa shape index (κ3) is 9.51. The van der Waals surface area contributed by atoms with Crippen molar-refractivity contribution in [3.63, 3.8) is 0 Å². The Labute approximate surface area is 195 Å². The number of nitrogens with one attached hydrogen (secondary N) is 2. The largest absolute Gasteiger partial charge is 0.357 e. The Morgan fingerprint density at radius 3 is 2.55 bits per heavy atom. The number of nitrogens with zero attached hydrogens (tertiary/aromatic N) is 4. The highest BCUT2D eigenvalue weighted by atomic mass is 127. The number of aliphatic imine (C=N–C) groups is 1. The standard InChI is InChI=1S/C22H40N6.HI/c1-7-23-21(26-18(2)10-11-22(3,4)5)25-17-19-9-8-12-24-20(19)28-15-13-27(6)14-16-28;/h8-9,12,18H,7,10-11,13-17H2,1-6H3,(H2,23,25,26);1H. The summed E-state index contributed by atoms with van der Waals surface area (Å²) in [6.45, 7) is 16.9. The molecule has 0 aliphatic carbocycles. The molecule has 0 spiro atoms. The van der Waals surface area contributed by atoms with E-state index in [0.29, 0.717) is 18.0 Å². The van der Waals surface area contributed by atoms with Crippen LogP contribution in [0, 0.1) is 5.41 Å². The lowest BCUT2D eigenvalue weighted by molar-refractivity contribution is 0.312. The predicted octanol–water partition coefficient (Wildman–Crippen LogP) is 3.72. The van der Waals surface area contributed by atoms with Gasteiger partial charge in [-0.1, -0.05) is 26.8 Å². The van der Waals surface area contributed by atoms with Crippen LogP contribution in [0.4, 0.5) is 5.82 Å². The topological polar surface area (TPSA) is 55.8 Å². The Balaban J connectivity index is 0.00000420. The van der Waals surface area contributed by atoms with Gasteiger partial charge in [-0.25, -0.2) is 9.98 Å². The lowest BCUT2D eigenvalue weighted by Gasteiger charge is -2.34. The van der Waals surface area contributed by atoms with Crippen molar-refractivity contribution in [2.45, 2.75) is 60.0 Å². The van der Waals surface area contributed by atoms with E-state index in [1.165, 1.54) is 12.0 Å². The van der Waals surface area contributed by atoms with Gasteiger partial charge in [0, 0.05) is 50.5 Å². The fourth-order valence-electron chi connectivity index (χ4n) is 3.30. The van der Waals surface area contributed by atoms with Crippen LogP contribution < -0.4 is 15.5 Å². The van der Waals surface area contributed by atoms with E-state index in [9.17, 15) is 0 Å². The number of halogens is 1. The average Bonchev–Trinajstić information content (AvgIpc) is 2.65. The zero-order valence-electron chi connectivity index (χ0n) is 19.2. The van der Waals surface area contributed by atoms with E-state index in [4.69, 9.17) is 4.99 Å². The minimum Gasteiger partial charge on any atom is -0.357 e. The molecule has 2 N–H and O–H groups in total. The molecule has 0 radical (unpaired) electrons. The molecule has 1 aliphatic heterocycles. The van der Waals surface area contributed by atoms with Gasteiger partial charge in [-0.15, -0.1) is 24.0 Å². The summed E-state index contributed by atoms with van der Waals surface area (Å²) >= 11 is 0. The molecule has 6 nitrogen and oxygen atoms in total. The molecule has 0 bridgehead atoms. The van der Waals surface area contributed by atoms with Gasteiger partial charge in [0.05, 0.1) is 6.54 Å². The zero-order chi connectivity index (χ0) is 20.6. The Morgan fingerprint density at radius 2 is 1.93 bits per heavy atom. The third-order valence-corrected chi connectivity index (χ3v) is 5.13. The van der Waals surface area contributed by atoms with Crippen molar-refractivity contribution in [2.75, 3.05) is 44.7 Å². The minimum atomic E-state index is 0. The number of hydrogen-bond donors (Lipinski definition) is 2. The van der Waals surface area contributed by atoms with E-state index in [-0.39, 0.29) is 24.0 Å². The van der Waals surface area contributed by atoms with Crippen LogP contribution in [0.1, 0.15) is 53.0 Å². The Kier molecular flexibility index (Phi) is 11.2. The molecule has 1 atom stereocenters. The van der Waals surface area contributed by atoms with E-state index in [2.05, 4.69) is 73.2 Å². The molecule has 1 aromatic rings. The molecule has 7 heteroatoms. The van der Waals surface area contributed by atoms with Gasteiger partial charge in [0.2, 0.25) is 0 Å². The molecule has 2 rings (SSSR count). The van der Waals surface area contributed by atoms with Crippen molar-refractivity contribution in [3.8, 4) is 0 Å². The second-order valence-electron chi connectivity index (χ2n) is 9.12. The summed E-state index contributed by atoms with van der Waals surface area (Å²) < 4.78 is 0. The minimum absolute atomic E-state index is 0. The maximum atomic E-state index is 4.86. The van der Waals surface area contributed by atoms with Crippen molar-refractivity contribution < 1.29 is 0 Å². The first-order chi connectivity index (χ1) is 13.3. The molecule has 2 heterocycles. The summed E-state index contributed by atoms with van der Waals surface area (Å²) in [6.07, 6.45) is 4.21. The van der Waals surface area contributed by atoms with Gasteiger partial charge in [0.25, 0.3) is 0 Å². The lowest BCUT2D eigenvalue weighted by atomic mass is 9.89. The molecule has 1 aliphatic rings. The zero-order valence-corrected chi connectivity index (χ0v) is 21.5. The Hall–Kier alpha value is -1.09. The maximum absolute atomic E-state index is 4.86. The fraction of sp³-hybridized carbons (Fsp3) is 0.727. The van der Waals surface area contributed by atoms with Crippen molar-refractivity contribution in [1.82, 2.24) is 20.5 Å². The second-order valence-corrected chi connectivity index (χ2v) is 9.12. The van der Waals surface area contributed by atoms with Gasteiger partial charge in [0.1, 0.15) is 5.82 Å². The first-order valence-electron chi connectivity index (χ1n) is 10.7. The van der Waals surface area contributed by atoms with Crippen LogP contribution in [0.2, 0.25) is 0 Å². The summed E-state index contributed by atoms with van der Waals surface area (Å²) in [4.78, 5) is 14.3. The van der Waals surface area contributed by atoms with Crippen LogP contribution in [-0.4, -0.2) is 61.7 Å². The van der Waals surface area contributed by atoms with Crippen LogP contribution in [0.5, 0.6) is 0 Å². The number of rotatable bonds is 7. The number of aromatic nitrogens is 1. The molecular formula is C22H41IN6. The van der Waals surface area contributed by atoms with Crippen molar-refractivity contribution in [3.05, 3.63) is 23.9 Å². The van der Waals surface area contributed by atoms with Gasteiger partial charge >= 0.3 is 0 Å². The molecule has 0 saturated carbocycles. The number of anilines is 1.